The van der Waals surface area contributed by atoms with Crippen molar-refractivity contribution in [2.24, 2.45) is 0 Å². The second-order valence-corrected chi connectivity index (χ2v) is 3.36. The van der Waals surface area contributed by atoms with Crippen molar-refractivity contribution in [3.8, 4) is 0 Å². The van der Waals surface area contributed by atoms with Gasteiger partial charge in [-0.3, -0.25) is 0 Å². The maximum absolute atomic E-state index is 7.15. The third-order valence-electron chi connectivity index (χ3n) is 1.07. The van der Waals surface area contributed by atoms with Crippen LogP contribution in [-0.4, -0.2) is 15.4 Å². The molecule has 0 aromatic carbocycles. The van der Waals surface area contributed by atoms with E-state index < -0.39 is 8.83 Å². The summed E-state index contributed by atoms with van der Waals surface area (Å²) in [6.07, 6.45) is 2.39. The fourth-order valence-electron chi connectivity index (χ4n) is 0.655. The third kappa shape index (κ3) is 1.39. The summed E-state index contributed by atoms with van der Waals surface area (Å²) in [6.45, 7) is 0.845. The summed E-state index contributed by atoms with van der Waals surface area (Å²) in [6, 6.07) is 1.03. The van der Waals surface area contributed by atoms with Gasteiger partial charge in [0.15, 0.2) is 0 Å². The average molecular weight is 115 g/mol. The van der Waals surface area contributed by atoms with Gasteiger partial charge in [-0.1, -0.05) is 0 Å². The van der Waals surface area contributed by atoms with Crippen LogP contribution in [0.25, 0.3) is 0 Å². The zero-order valence-corrected chi connectivity index (χ0v) is 5.24. The van der Waals surface area contributed by atoms with Crippen molar-refractivity contribution in [2.45, 2.75) is 18.9 Å². The topological polar surface area (TPSA) is 33.1 Å². The molecule has 1 saturated heterocycles. The zero-order chi connectivity index (χ0) is 5.11. The van der Waals surface area contributed by atoms with Gasteiger partial charge in [0, 0.05) is 6.04 Å². The Bertz CT molecular complexity index is 75.8. The Balaban J connectivity index is 2.25. The minimum absolute atomic E-state index is 0.845. The largest absolute Gasteiger partial charge is 0.538 e. The second kappa shape index (κ2) is 2.21. The first-order chi connectivity index (χ1) is 3.39. The SMILES string of the molecule is N=[Si]1CCCCO1. The zero-order valence-electron chi connectivity index (χ0n) is 4.24. The Hall–Kier alpha value is -0.183. The van der Waals surface area contributed by atoms with E-state index >= 15 is 0 Å². The smallest absolute Gasteiger partial charge is 0.346 e. The summed E-state index contributed by atoms with van der Waals surface area (Å²) in [5.74, 6) is 0. The van der Waals surface area contributed by atoms with Crippen LogP contribution in [0, 0.1) is 5.05 Å². The molecule has 1 aliphatic rings. The summed E-state index contributed by atoms with van der Waals surface area (Å²) >= 11 is 0. The maximum atomic E-state index is 7.15. The van der Waals surface area contributed by atoms with E-state index in [0.717, 1.165) is 12.7 Å². The van der Waals surface area contributed by atoms with E-state index in [-0.39, 0.29) is 0 Å². The van der Waals surface area contributed by atoms with Gasteiger partial charge in [-0.2, -0.15) is 0 Å². The molecule has 1 heterocycles. The summed E-state index contributed by atoms with van der Waals surface area (Å²) < 4.78 is 5.05. The molecule has 0 unspecified atom stereocenters. The van der Waals surface area contributed by atoms with Gasteiger partial charge in [-0.05, 0) is 12.8 Å². The second-order valence-electron chi connectivity index (χ2n) is 1.73. The number of nitrogens with one attached hydrogen (secondary N) is 1. The van der Waals surface area contributed by atoms with Crippen molar-refractivity contribution < 1.29 is 4.43 Å². The lowest BCUT2D eigenvalue weighted by molar-refractivity contribution is 0.293. The lowest BCUT2D eigenvalue weighted by Crippen LogP contribution is -2.12. The van der Waals surface area contributed by atoms with Crippen molar-refractivity contribution in [1.29, 1.82) is 5.05 Å². The highest BCUT2D eigenvalue weighted by atomic mass is 28.3. The minimum Gasteiger partial charge on any atom is -0.538 e. The molecule has 40 valence electrons. The van der Waals surface area contributed by atoms with Gasteiger partial charge in [-0.25, -0.2) is 0 Å². The van der Waals surface area contributed by atoms with Crippen molar-refractivity contribution in [2.75, 3.05) is 6.61 Å². The Morgan fingerprint density at radius 2 is 2.29 bits per heavy atom. The van der Waals surface area contributed by atoms with Gasteiger partial charge in [0.1, 0.15) is 0 Å². The van der Waals surface area contributed by atoms with Gasteiger partial charge < -0.3 is 9.48 Å². The van der Waals surface area contributed by atoms with E-state index in [2.05, 4.69) is 0 Å². The van der Waals surface area contributed by atoms with Crippen LogP contribution in [0.2, 0.25) is 6.04 Å². The van der Waals surface area contributed by atoms with Crippen molar-refractivity contribution in [1.82, 2.24) is 0 Å². The highest BCUT2D eigenvalue weighted by Gasteiger charge is 2.05. The monoisotopic (exact) mass is 115 g/mol. The predicted molar refractivity (Wildman–Crippen MR) is 28.5 cm³/mol. The Morgan fingerprint density at radius 3 is 2.57 bits per heavy atom. The molecule has 3 heteroatoms. The predicted octanol–water partition coefficient (Wildman–Crippen LogP) is 1.13. The van der Waals surface area contributed by atoms with Crippen LogP contribution in [0.4, 0.5) is 0 Å². The van der Waals surface area contributed by atoms with Gasteiger partial charge >= 0.3 is 8.83 Å². The number of hydrogen-bond acceptors (Lipinski definition) is 2. The summed E-state index contributed by atoms with van der Waals surface area (Å²) in [5, 5.41) is 7.15. The molecule has 0 bridgehead atoms. The summed E-state index contributed by atoms with van der Waals surface area (Å²) in [4.78, 5) is 0. The molecule has 0 saturated carbocycles. The molecule has 0 aliphatic carbocycles. The lowest BCUT2D eigenvalue weighted by atomic mass is 10.4. The summed E-state index contributed by atoms with van der Waals surface area (Å²) in [5.41, 5.74) is 0. The van der Waals surface area contributed by atoms with Gasteiger partial charge in [-0.15, -0.1) is 0 Å². The number of rotatable bonds is 0. The molecular weight excluding hydrogens is 106 g/mol. The molecule has 0 atom stereocenters. The molecule has 0 aromatic rings. The highest BCUT2D eigenvalue weighted by Crippen LogP contribution is 2.04. The van der Waals surface area contributed by atoms with Crippen LogP contribution in [0.1, 0.15) is 12.8 Å². The third-order valence-corrected chi connectivity index (χ3v) is 2.43. The molecule has 0 radical (unpaired) electrons. The molecule has 2 nitrogen and oxygen atoms in total. The van der Waals surface area contributed by atoms with E-state index in [9.17, 15) is 0 Å². The van der Waals surface area contributed by atoms with E-state index in [4.69, 9.17) is 9.48 Å². The summed E-state index contributed by atoms with van der Waals surface area (Å²) in [7, 11) is -1.04. The van der Waals surface area contributed by atoms with Crippen molar-refractivity contribution in [3.05, 3.63) is 0 Å². The van der Waals surface area contributed by atoms with E-state index in [0.29, 0.717) is 0 Å². The van der Waals surface area contributed by atoms with Crippen LogP contribution in [0.3, 0.4) is 0 Å². The van der Waals surface area contributed by atoms with Gasteiger partial charge in [0.25, 0.3) is 0 Å². The van der Waals surface area contributed by atoms with E-state index in [1.54, 1.807) is 0 Å². The van der Waals surface area contributed by atoms with Crippen LogP contribution in [0.15, 0.2) is 0 Å². The van der Waals surface area contributed by atoms with Crippen LogP contribution >= 0.6 is 0 Å². The Morgan fingerprint density at radius 1 is 1.43 bits per heavy atom. The fraction of sp³-hybridized carbons (Fsp3) is 1.00. The molecule has 0 spiro atoms. The molecule has 1 aliphatic heterocycles. The molecule has 0 amide bonds. The first-order valence-electron chi connectivity index (χ1n) is 2.60. The molecule has 0 aromatic heterocycles. The van der Waals surface area contributed by atoms with Crippen molar-refractivity contribution in [3.63, 3.8) is 0 Å². The van der Waals surface area contributed by atoms with Crippen LogP contribution in [-0.2, 0) is 4.43 Å². The molecule has 1 N–H and O–H groups in total. The Kier molecular flexibility index (Phi) is 1.57. The molecule has 7 heavy (non-hydrogen) atoms. The van der Waals surface area contributed by atoms with Crippen LogP contribution < -0.4 is 0 Å². The fourth-order valence-corrected chi connectivity index (χ4v) is 1.76. The molecule has 1 rings (SSSR count). The average Bonchev–Trinajstić information content (AvgIpc) is 1.69. The molecule has 1 fully saturated rings. The first-order valence-corrected chi connectivity index (χ1v) is 4.21. The lowest BCUT2D eigenvalue weighted by Gasteiger charge is -2.10. The van der Waals surface area contributed by atoms with Gasteiger partial charge in [0.05, 0.1) is 6.61 Å². The normalized spacial score (nSPS) is 21.4. The van der Waals surface area contributed by atoms with Gasteiger partial charge in [0.2, 0.25) is 0 Å². The Labute approximate surface area is 44.7 Å². The van der Waals surface area contributed by atoms with E-state index in [1.807, 2.05) is 0 Å². The van der Waals surface area contributed by atoms with E-state index in [1.165, 1.54) is 12.8 Å². The standard InChI is InChI=1S/C4H9NOSi/c5-7-4-2-1-3-6-7/h5H,1-4H2. The highest BCUT2D eigenvalue weighted by molar-refractivity contribution is 6.36. The molecular formula is C4H9NOSi. The first kappa shape index (κ1) is 4.96. The quantitative estimate of drug-likeness (QED) is 0.472. The number of hydrogen-bond donors (Lipinski definition) is 1. The van der Waals surface area contributed by atoms with Crippen LogP contribution in [0.5, 0.6) is 0 Å². The maximum Gasteiger partial charge on any atom is 0.346 e. The minimum atomic E-state index is -1.04. The van der Waals surface area contributed by atoms with Crippen molar-refractivity contribution >= 4 is 8.83 Å².